The van der Waals surface area contributed by atoms with E-state index in [2.05, 4.69) is 4.98 Å². The summed E-state index contributed by atoms with van der Waals surface area (Å²) in [6.45, 7) is 0.567. The van der Waals surface area contributed by atoms with Gasteiger partial charge in [-0.05, 0) is 18.9 Å². The summed E-state index contributed by atoms with van der Waals surface area (Å²) in [7, 11) is 0. The van der Waals surface area contributed by atoms with E-state index in [1.807, 2.05) is 0 Å². The molecule has 1 heterocycles. The minimum atomic E-state index is -0.446. The summed E-state index contributed by atoms with van der Waals surface area (Å²) in [5, 5.41) is 10.4. The Morgan fingerprint density at radius 3 is 2.64 bits per heavy atom. The minimum Gasteiger partial charge on any atom is -0.330 e. The molecular formula is C9H11N3O2. The van der Waals surface area contributed by atoms with Crippen LogP contribution in [0.5, 0.6) is 0 Å². The summed E-state index contributed by atoms with van der Waals surface area (Å²) in [6.07, 6.45) is 3.37. The second-order valence-electron chi connectivity index (χ2n) is 3.64. The van der Waals surface area contributed by atoms with Crippen molar-refractivity contribution >= 4 is 5.69 Å². The van der Waals surface area contributed by atoms with Crippen molar-refractivity contribution in [1.29, 1.82) is 0 Å². The van der Waals surface area contributed by atoms with Crippen LogP contribution in [0.1, 0.15) is 18.5 Å². The molecule has 1 aromatic heterocycles. The average Bonchev–Trinajstić information content (AvgIpc) is 2.99. The minimum absolute atomic E-state index is 0.00906. The molecule has 5 heteroatoms. The van der Waals surface area contributed by atoms with Crippen LogP contribution in [0.25, 0.3) is 0 Å². The molecule has 1 aliphatic carbocycles. The lowest BCUT2D eigenvalue weighted by atomic mass is 10.0. The quantitative estimate of drug-likeness (QED) is 0.573. The van der Waals surface area contributed by atoms with Crippen LogP contribution < -0.4 is 5.73 Å². The fourth-order valence-electron chi connectivity index (χ4n) is 1.52. The standard InChI is InChI=1S/C9H11N3O2/c10-6-9(3-4-9)8-2-1-7(5-11-8)12(13)14/h1-2,5H,3-4,6,10H2. The van der Waals surface area contributed by atoms with Gasteiger partial charge >= 0.3 is 0 Å². The third kappa shape index (κ3) is 1.35. The van der Waals surface area contributed by atoms with Crippen molar-refractivity contribution in [2.24, 2.45) is 5.73 Å². The molecule has 1 aliphatic rings. The highest BCUT2D eigenvalue weighted by Crippen LogP contribution is 2.46. The van der Waals surface area contributed by atoms with Crippen LogP contribution in [0.4, 0.5) is 5.69 Å². The Morgan fingerprint density at radius 2 is 2.29 bits per heavy atom. The monoisotopic (exact) mass is 193 g/mol. The van der Waals surface area contributed by atoms with E-state index in [1.165, 1.54) is 12.3 Å². The van der Waals surface area contributed by atoms with Gasteiger partial charge in [-0.1, -0.05) is 0 Å². The zero-order valence-corrected chi connectivity index (χ0v) is 7.64. The molecule has 1 fully saturated rings. The highest BCUT2D eigenvalue weighted by Gasteiger charge is 2.44. The fourth-order valence-corrected chi connectivity index (χ4v) is 1.52. The van der Waals surface area contributed by atoms with Crippen LogP contribution in [0.3, 0.4) is 0 Å². The van der Waals surface area contributed by atoms with E-state index in [0.717, 1.165) is 18.5 Å². The average molecular weight is 193 g/mol. The Bertz CT molecular complexity index is 357. The molecule has 0 radical (unpaired) electrons. The summed E-state index contributed by atoms with van der Waals surface area (Å²) in [4.78, 5) is 14.0. The molecule has 0 spiro atoms. The molecule has 0 bridgehead atoms. The maximum Gasteiger partial charge on any atom is 0.287 e. The molecule has 0 amide bonds. The SMILES string of the molecule is NCC1(c2ccc([N+](=O)[O-])cn2)CC1. The van der Waals surface area contributed by atoms with E-state index in [-0.39, 0.29) is 11.1 Å². The topological polar surface area (TPSA) is 82.0 Å². The molecule has 0 saturated heterocycles. The van der Waals surface area contributed by atoms with E-state index in [4.69, 9.17) is 5.73 Å². The van der Waals surface area contributed by atoms with Crippen molar-refractivity contribution in [3.8, 4) is 0 Å². The first-order valence-corrected chi connectivity index (χ1v) is 4.49. The highest BCUT2D eigenvalue weighted by molar-refractivity contribution is 5.32. The van der Waals surface area contributed by atoms with Crippen molar-refractivity contribution in [3.05, 3.63) is 34.1 Å². The molecule has 5 nitrogen and oxygen atoms in total. The highest BCUT2D eigenvalue weighted by atomic mass is 16.6. The predicted octanol–water partition coefficient (Wildman–Crippen LogP) is 0.980. The molecule has 1 aromatic rings. The molecule has 0 aliphatic heterocycles. The maximum atomic E-state index is 10.4. The van der Waals surface area contributed by atoms with Crippen LogP contribution in [0.15, 0.2) is 18.3 Å². The predicted molar refractivity (Wildman–Crippen MR) is 50.9 cm³/mol. The van der Waals surface area contributed by atoms with Gasteiger partial charge in [0.25, 0.3) is 5.69 Å². The van der Waals surface area contributed by atoms with Crippen LogP contribution in [-0.2, 0) is 5.41 Å². The summed E-state index contributed by atoms with van der Waals surface area (Å²) in [5.41, 5.74) is 6.54. The number of rotatable bonds is 3. The number of hydrogen-bond donors (Lipinski definition) is 1. The van der Waals surface area contributed by atoms with E-state index < -0.39 is 4.92 Å². The maximum absolute atomic E-state index is 10.4. The van der Waals surface area contributed by atoms with E-state index in [0.29, 0.717) is 6.54 Å². The molecule has 0 aromatic carbocycles. The van der Waals surface area contributed by atoms with Crippen LogP contribution in [-0.4, -0.2) is 16.5 Å². The van der Waals surface area contributed by atoms with Crippen molar-refractivity contribution in [3.63, 3.8) is 0 Å². The van der Waals surface area contributed by atoms with Crippen molar-refractivity contribution < 1.29 is 4.92 Å². The number of aromatic nitrogens is 1. The lowest BCUT2D eigenvalue weighted by Gasteiger charge is -2.10. The molecule has 74 valence electrons. The van der Waals surface area contributed by atoms with E-state index in [9.17, 15) is 10.1 Å². The Hall–Kier alpha value is -1.49. The zero-order valence-electron chi connectivity index (χ0n) is 7.64. The molecule has 0 atom stereocenters. The third-order valence-electron chi connectivity index (χ3n) is 2.75. The van der Waals surface area contributed by atoms with E-state index in [1.54, 1.807) is 6.07 Å². The molecule has 0 unspecified atom stereocenters. The van der Waals surface area contributed by atoms with Gasteiger partial charge in [0.15, 0.2) is 0 Å². The Morgan fingerprint density at radius 1 is 1.57 bits per heavy atom. The zero-order chi connectivity index (χ0) is 10.2. The Kier molecular flexibility index (Phi) is 1.96. The summed E-state index contributed by atoms with van der Waals surface area (Å²) in [5.74, 6) is 0. The summed E-state index contributed by atoms with van der Waals surface area (Å²) >= 11 is 0. The lowest BCUT2D eigenvalue weighted by molar-refractivity contribution is -0.385. The smallest absolute Gasteiger partial charge is 0.287 e. The van der Waals surface area contributed by atoms with Crippen molar-refractivity contribution in [2.75, 3.05) is 6.54 Å². The summed E-state index contributed by atoms with van der Waals surface area (Å²) in [6, 6.07) is 3.19. The number of pyridine rings is 1. The Balaban J connectivity index is 2.26. The van der Waals surface area contributed by atoms with Gasteiger partial charge in [0.1, 0.15) is 6.20 Å². The third-order valence-corrected chi connectivity index (χ3v) is 2.75. The second kappa shape index (κ2) is 3.02. The van der Waals surface area contributed by atoms with Gasteiger partial charge < -0.3 is 5.73 Å². The van der Waals surface area contributed by atoms with Crippen LogP contribution in [0, 0.1) is 10.1 Å². The molecular weight excluding hydrogens is 182 g/mol. The molecule has 2 rings (SSSR count). The number of hydrogen-bond acceptors (Lipinski definition) is 4. The van der Waals surface area contributed by atoms with Gasteiger partial charge in [0.05, 0.1) is 4.92 Å². The van der Waals surface area contributed by atoms with Gasteiger partial charge in [-0.2, -0.15) is 0 Å². The second-order valence-corrected chi connectivity index (χ2v) is 3.64. The molecule has 1 saturated carbocycles. The number of nitro groups is 1. The van der Waals surface area contributed by atoms with Crippen LogP contribution in [0.2, 0.25) is 0 Å². The number of nitrogens with zero attached hydrogens (tertiary/aromatic N) is 2. The lowest BCUT2D eigenvalue weighted by Crippen LogP contribution is -2.20. The van der Waals surface area contributed by atoms with Gasteiger partial charge in [0, 0.05) is 23.7 Å². The number of nitrogens with two attached hydrogens (primary N) is 1. The first kappa shape index (κ1) is 9.08. The van der Waals surface area contributed by atoms with Crippen LogP contribution >= 0.6 is 0 Å². The first-order valence-electron chi connectivity index (χ1n) is 4.49. The Labute approximate surface area is 81.1 Å². The normalized spacial score (nSPS) is 17.8. The molecule has 2 N–H and O–H groups in total. The fraction of sp³-hybridized carbons (Fsp3) is 0.444. The van der Waals surface area contributed by atoms with Crippen molar-refractivity contribution in [1.82, 2.24) is 4.98 Å². The van der Waals surface area contributed by atoms with Gasteiger partial charge in [-0.15, -0.1) is 0 Å². The van der Waals surface area contributed by atoms with Gasteiger partial charge in [0.2, 0.25) is 0 Å². The van der Waals surface area contributed by atoms with Crippen molar-refractivity contribution in [2.45, 2.75) is 18.3 Å². The summed E-state index contributed by atoms with van der Waals surface area (Å²) < 4.78 is 0. The first-order chi connectivity index (χ1) is 6.68. The van der Waals surface area contributed by atoms with Gasteiger partial charge in [-0.3, -0.25) is 15.1 Å². The van der Waals surface area contributed by atoms with Gasteiger partial charge in [-0.25, -0.2) is 0 Å². The largest absolute Gasteiger partial charge is 0.330 e. The molecule has 14 heavy (non-hydrogen) atoms. The van der Waals surface area contributed by atoms with E-state index >= 15 is 0 Å².